The Balaban J connectivity index is 2.51. The second kappa shape index (κ2) is 7.52. The largest absolute Gasteiger partial charge is 0.480 e. The summed E-state index contributed by atoms with van der Waals surface area (Å²) in [6, 6.07) is 0. The molecule has 1 aliphatic rings. The Hall–Kier alpha value is -1.06. The van der Waals surface area contributed by atoms with Crippen molar-refractivity contribution in [3.63, 3.8) is 0 Å². The molecule has 20 heteroatoms. The molecular weight excluding hydrogens is 453 g/mol. The normalized spacial score (nSPS) is 32.1. The van der Waals surface area contributed by atoms with Gasteiger partial charge in [0.25, 0.3) is 11.4 Å². The van der Waals surface area contributed by atoms with Crippen molar-refractivity contribution in [2.45, 2.75) is 36.0 Å². The monoisotopic (exact) mass is 466 g/mol. The minimum atomic E-state index is -5.90. The molecule has 1 saturated heterocycles. The first kappa shape index (κ1) is 25.2. The molecule has 30 heavy (non-hydrogen) atoms. The number of alkyl halides is 1. The van der Waals surface area contributed by atoms with Gasteiger partial charge in [0, 0.05) is 11.8 Å². The van der Waals surface area contributed by atoms with Gasteiger partial charge < -0.3 is 29.6 Å². The molecule has 2 rings (SSSR count). The molecule has 1 fully saturated rings. The lowest BCUT2D eigenvalue weighted by molar-refractivity contribution is -0.239. The zero-order valence-electron chi connectivity index (χ0n) is 14.8. The summed E-state index contributed by atoms with van der Waals surface area (Å²) in [4.78, 5) is 51.8. The van der Waals surface area contributed by atoms with Crippen molar-refractivity contribution in [2.24, 2.45) is 0 Å². The maximum Gasteiger partial charge on any atom is 0.480 e. The Labute approximate surface area is 170 Å². The average molecular weight is 466 g/mol. The third-order valence-corrected chi connectivity index (χ3v) is 6.13. The van der Waals surface area contributed by atoms with E-state index in [2.05, 4.69) is 13.6 Å². The van der Waals surface area contributed by atoms with Crippen LogP contribution < -0.4 is 11.2 Å². The maximum absolute atomic E-state index is 15.4. The highest BCUT2D eigenvalue weighted by Gasteiger charge is 2.68. The minimum Gasteiger partial charge on any atom is -0.386 e. The SMILES string of the molecule is [B]C([B])(OP(=O)(O)OP(=O)(O)O)[C@@]1(F)O[C@@]([B])(n2cc(C)c(=O)[nH]c2=O)[C@H](O)[C@@H]1O. The van der Waals surface area contributed by atoms with Crippen LogP contribution in [0.3, 0.4) is 0 Å². The van der Waals surface area contributed by atoms with E-state index in [1.807, 2.05) is 0 Å². The highest BCUT2D eigenvalue weighted by Crippen LogP contribution is 2.61. The van der Waals surface area contributed by atoms with Gasteiger partial charge in [0.2, 0.25) is 0 Å². The predicted molar refractivity (Wildman–Crippen MR) is 95.0 cm³/mol. The van der Waals surface area contributed by atoms with E-state index in [9.17, 15) is 33.8 Å². The van der Waals surface area contributed by atoms with E-state index in [0.717, 1.165) is 6.20 Å². The predicted octanol–water partition coefficient (Wildman–Crippen LogP) is -3.74. The fourth-order valence-corrected chi connectivity index (χ4v) is 4.24. The summed E-state index contributed by atoms with van der Waals surface area (Å²) in [5.41, 5.74) is -5.37. The van der Waals surface area contributed by atoms with Crippen LogP contribution in [0.15, 0.2) is 15.8 Å². The Morgan fingerprint density at radius 1 is 1.27 bits per heavy atom. The summed E-state index contributed by atoms with van der Waals surface area (Å²) in [6.07, 6.45) is -4.69. The molecule has 5 atom stereocenters. The number of hydrogen-bond acceptors (Lipinski definition) is 9. The van der Waals surface area contributed by atoms with Gasteiger partial charge in [-0.15, -0.1) is 0 Å². The number of phosphoric acid groups is 2. The number of aromatic amines is 1. The molecule has 0 saturated carbocycles. The topological polar surface area (TPSA) is 218 Å². The molecule has 0 aromatic carbocycles. The van der Waals surface area contributed by atoms with Gasteiger partial charge >= 0.3 is 21.3 Å². The lowest BCUT2D eigenvalue weighted by atomic mass is 9.59. The zero-order valence-corrected chi connectivity index (χ0v) is 16.6. The summed E-state index contributed by atoms with van der Waals surface area (Å²) < 4.78 is 50.1. The Morgan fingerprint density at radius 3 is 2.30 bits per heavy atom. The zero-order chi connectivity index (χ0) is 23.5. The van der Waals surface area contributed by atoms with Crippen LogP contribution in [0.4, 0.5) is 4.39 Å². The van der Waals surface area contributed by atoms with Crippen molar-refractivity contribution in [1.29, 1.82) is 0 Å². The maximum atomic E-state index is 15.4. The lowest BCUT2D eigenvalue weighted by Gasteiger charge is -2.41. The van der Waals surface area contributed by atoms with Crippen LogP contribution >= 0.6 is 15.6 Å². The lowest BCUT2D eigenvalue weighted by Crippen LogP contribution is -2.60. The van der Waals surface area contributed by atoms with Crippen LogP contribution in [0.1, 0.15) is 5.56 Å². The van der Waals surface area contributed by atoms with Crippen LogP contribution in [0, 0.1) is 6.92 Å². The van der Waals surface area contributed by atoms with Gasteiger partial charge in [0.1, 0.15) is 41.4 Å². The van der Waals surface area contributed by atoms with Crippen molar-refractivity contribution in [1.82, 2.24) is 9.55 Å². The molecule has 0 amide bonds. The van der Waals surface area contributed by atoms with E-state index in [4.69, 9.17) is 33.3 Å². The number of hydrogen-bond donors (Lipinski definition) is 6. The molecule has 0 aliphatic carbocycles. The van der Waals surface area contributed by atoms with E-state index < -0.39 is 56.0 Å². The number of H-pyrrole nitrogens is 1. The van der Waals surface area contributed by atoms with Gasteiger partial charge in [-0.2, -0.15) is 4.31 Å². The van der Waals surface area contributed by atoms with Gasteiger partial charge in [-0.1, -0.05) is 0 Å². The van der Waals surface area contributed by atoms with Crippen molar-refractivity contribution in [2.75, 3.05) is 0 Å². The van der Waals surface area contributed by atoms with Gasteiger partial charge in [0.15, 0.2) is 0 Å². The smallest absolute Gasteiger partial charge is 0.386 e. The molecule has 2 heterocycles. The molecule has 6 N–H and O–H groups in total. The van der Waals surface area contributed by atoms with Crippen LogP contribution in [-0.2, 0) is 28.3 Å². The number of ether oxygens (including phenoxy) is 1. The van der Waals surface area contributed by atoms with Crippen LogP contribution in [0.25, 0.3) is 0 Å². The van der Waals surface area contributed by atoms with E-state index in [-0.39, 0.29) is 10.1 Å². The standard InChI is InChI=1S/C10H12B3FN2O12P2/c1-3-2-16(7(20)15-6(3)19)9(11)5(18)4(17)8(14,26-9)10(12,13)27-30(24,25)28-29(21,22)23/h2,4-5,17-18H,1H3,(H,24,25)(H,15,19,20)(H2,21,22,23)/t4-,5+,8-,9-/m0/s1. The van der Waals surface area contributed by atoms with Gasteiger partial charge in [-0.3, -0.25) is 18.9 Å². The van der Waals surface area contributed by atoms with Crippen LogP contribution in [0.2, 0.25) is 0 Å². The third kappa shape index (κ3) is 4.44. The molecule has 1 unspecified atom stereocenters. The fourth-order valence-electron chi connectivity index (χ4n) is 2.52. The van der Waals surface area contributed by atoms with Gasteiger partial charge in [-0.05, 0) is 6.92 Å². The fraction of sp³-hybridized carbons (Fsp3) is 0.600. The van der Waals surface area contributed by atoms with Gasteiger partial charge in [-0.25, -0.2) is 18.3 Å². The van der Waals surface area contributed by atoms with E-state index in [1.54, 1.807) is 4.98 Å². The van der Waals surface area contributed by atoms with Crippen LogP contribution in [-0.4, -0.2) is 81.4 Å². The highest BCUT2D eigenvalue weighted by molar-refractivity contribution is 7.60. The second-order valence-corrected chi connectivity index (χ2v) is 9.01. The Bertz CT molecular complexity index is 1060. The summed E-state index contributed by atoms with van der Waals surface area (Å²) in [7, 11) is 4.56. The number of nitrogens with zero attached hydrogens (tertiary/aromatic N) is 1. The number of aliphatic hydroxyl groups is 2. The average Bonchev–Trinajstić information content (AvgIpc) is 2.70. The van der Waals surface area contributed by atoms with E-state index in [0.29, 0.717) is 0 Å². The molecule has 1 aromatic heterocycles. The number of rotatable bonds is 6. The molecule has 14 nitrogen and oxygen atoms in total. The summed E-state index contributed by atoms with van der Waals surface area (Å²) in [6.45, 7) is 1.19. The quantitative estimate of drug-likeness (QED) is 0.176. The number of nitrogens with one attached hydrogen (secondary N) is 1. The summed E-state index contributed by atoms with van der Waals surface area (Å²) in [5, 5.41) is 16.5. The van der Waals surface area contributed by atoms with Crippen molar-refractivity contribution >= 4 is 39.2 Å². The molecule has 0 spiro atoms. The van der Waals surface area contributed by atoms with Crippen LogP contribution in [0.5, 0.6) is 0 Å². The number of aryl methyl sites for hydroxylation is 1. The number of phosphoric ester groups is 1. The van der Waals surface area contributed by atoms with Crippen molar-refractivity contribution in [3.05, 3.63) is 32.6 Å². The second-order valence-electron chi connectivity index (χ2n) is 6.26. The Morgan fingerprint density at radius 2 is 1.80 bits per heavy atom. The molecule has 6 radical (unpaired) electrons. The molecule has 0 bridgehead atoms. The number of aliphatic hydroxyl groups excluding tert-OH is 2. The highest BCUT2D eigenvalue weighted by atomic mass is 31.3. The first-order valence-corrected chi connectivity index (χ1v) is 10.5. The minimum absolute atomic E-state index is 0.168. The van der Waals surface area contributed by atoms with E-state index in [1.165, 1.54) is 6.92 Å². The number of halogens is 1. The van der Waals surface area contributed by atoms with E-state index >= 15 is 4.39 Å². The summed E-state index contributed by atoms with van der Waals surface area (Å²) in [5.74, 6) is -4.08. The Kier molecular flexibility index (Phi) is 6.32. The first-order valence-electron chi connectivity index (χ1n) is 7.51. The summed E-state index contributed by atoms with van der Waals surface area (Å²) >= 11 is 0. The van der Waals surface area contributed by atoms with Crippen molar-refractivity contribution in [3.8, 4) is 0 Å². The van der Waals surface area contributed by atoms with Gasteiger partial charge in [0.05, 0.1) is 5.40 Å². The van der Waals surface area contributed by atoms with Crippen molar-refractivity contribution < 1.29 is 52.0 Å². The molecular formula is C10H12B3FN2O12P2. The molecule has 1 aliphatic heterocycles. The third-order valence-electron chi connectivity index (χ3n) is 3.92. The molecule has 160 valence electrons. The number of aromatic nitrogens is 2. The first-order chi connectivity index (χ1) is 13.3. The molecule has 1 aromatic rings.